The molecule has 4 N–H and O–H groups in total. The van der Waals surface area contributed by atoms with Crippen LogP contribution in [0.1, 0.15) is 40.8 Å². The molecular formula is C30H26ClF3N8O. The minimum atomic E-state index is -4.68. The van der Waals surface area contributed by atoms with Gasteiger partial charge in [-0.2, -0.15) is 13.2 Å². The Balaban J connectivity index is 1.37. The maximum Gasteiger partial charge on any atom is 0.418 e. The molecule has 0 amide bonds. The topological polar surface area (TPSA) is 114 Å². The second-order valence-corrected chi connectivity index (χ2v) is 10.5. The van der Waals surface area contributed by atoms with E-state index in [9.17, 15) is 13.2 Å². The number of hydrogen-bond acceptors (Lipinski definition) is 9. The summed E-state index contributed by atoms with van der Waals surface area (Å²) < 4.78 is 48.4. The molecule has 0 saturated heterocycles. The van der Waals surface area contributed by atoms with E-state index in [1.54, 1.807) is 31.0 Å². The van der Waals surface area contributed by atoms with Crippen molar-refractivity contribution in [1.29, 1.82) is 0 Å². The molecule has 2 aliphatic rings. The number of alkyl halides is 3. The van der Waals surface area contributed by atoms with E-state index in [2.05, 4.69) is 25.6 Å². The van der Waals surface area contributed by atoms with Crippen LogP contribution in [-0.2, 0) is 12.7 Å². The Morgan fingerprint density at radius 1 is 1.19 bits per heavy atom. The lowest BCUT2D eigenvalue weighted by Crippen LogP contribution is -2.32. The van der Waals surface area contributed by atoms with Gasteiger partial charge in [-0.15, -0.1) is 0 Å². The van der Waals surface area contributed by atoms with E-state index in [4.69, 9.17) is 27.1 Å². The highest BCUT2D eigenvalue weighted by molar-refractivity contribution is 6.37. The maximum absolute atomic E-state index is 14.2. The van der Waals surface area contributed by atoms with Gasteiger partial charge in [-0.05, 0) is 54.8 Å². The number of hydrogen-bond donors (Lipinski definition) is 3. The molecule has 6 rings (SSSR count). The van der Waals surface area contributed by atoms with Crippen molar-refractivity contribution in [3.63, 3.8) is 0 Å². The SMILES string of the molecule is Cc1cc(N)nc(-c2cc3c4c(c2Cl)NCN=C4N(C(C)c2cncc(NCc4cccnc4)c2)C=CO3)c1C(F)(F)F. The summed E-state index contributed by atoms with van der Waals surface area (Å²) in [5.74, 6) is 0.758. The van der Waals surface area contributed by atoms with E-state index in [-0.39, 0.29) is 46.1 Å². The molecule has 1 unspecified atom stereocenters. The zero-order chi connectivity index (χ0) is 30.3. The zero-order valence-electron chi connectivity index (χ0n) is 23.1. The maximum atomic E-state index is 14.2. The van der Waals surface area contributed by atoms with Crippen LogP contribution < -0.4 is 21.1 Å². The van der Waals surface area contributed by atoms with Gasteiger partial charge in [-0.1, -0.05) is 17.7 Å². The normalized spacial score (nSPS) is 14.7. The van der Waals surface area contributed by atoms with Gasteiger partial charge in [0.1, 0.15) is 30.3 Å². The Morgan fingerprint density at radius 2 is 2.02 bits per heavy atom. The fraction of sp³-hybridized carbons (Fsp3) is 0.200. The fourth-order valence-corrected chi connectivity index (χ4v) is 5.53. The number of aliphatic imine (C=N–C) groups is 1. The monoisotopic (exact) mass is 606 g/mol. The molecule has 43 heavy (non-hydrogen) atoms. The number of aromatic nitrogens is 3. The molecule has 3 aromatic heterocycles. The number of nitrogens with one attached hydrogen (secondary N) is 2. The van der Waals surface area contributed by atoms with E-state index < -0.39 is 11.7 Å². The van der Waals surface area contributed by atoms with Crippen molar-refractivity contribution in [3.05, 3.63) is 100 Å². The molecule has 220 valence electrons. The largest absolute Gasteiger partial charge is 0.463 e. The highest BCUT2D eigenvalue weighted by Gasteiger charge is 2.39. The predicted molar refractivity (Wildman–Crippen MR) is 160 cm³/mol. The number of anilines is 3. The molecule has 9 nitrogen and oxygen atoms in total. The number of nitrogens with zero attached hydrogens (tertiary/aromatic N) is 5. The lowest BCUT2D eigenvalue weighted by atomic mass is 9.96. The summed E-state index contributed by atoms with van der Waals surface area (Å²) in [5.41, 5.74) is 8.23. The van der Waals surface area contributed by atoms with Crippen LogP contribution in [0.25, 0.3) is 11.3 Å². The smallest absolute Gasteiger partial charge is 0.418 e. The summed E-state index contributed by atoms with van der Waals surface area (Å²) in [6, 6.07) is 8.24. The first-order valence-electron chi connectivity index (χ1n) is 13.3. The van der Waals surface area contributed by atoms with Crippen LogP contribution in [-0.4, -0.2) is 32.4 Å². The summed E-state index contributed by atoms with van der Waals surface area (Å²) in [4.78, 5) is 19.2. The van der Waals surface area contributed by atoms with Crippen molar-refractivity contribution in [1.82, 2.24) is 19.9 Å². The molecule has 0 fully saturated rings. The van der Waals surface area contributed by atoms with Gasteiger partial charge in [0.15, 0.2) is 0 Å². The van der Waals surface area contributed by atoms with Crippen molar-refractivity contribution < 1.29 is 17.9 Å². The molecule has 5 heterocycles. The summed E-state index contributed by atoms with van der Waals surface area (Å²) in [6.45, 7) is 4.05. The molecule has 13 heteroatoms. The second-order valence-electron chi connectivity index (χ2n) is 10.1. The van der Waals surface area contributed by atoms with Gasteiger partial charge < -0.3 is 26.0 Å². The average molecular weight is 607 g/mol. The third-order valence-electron chi connectivity index (χ3n) is 7.25. The molecular weight excluding hydrogens is 581 g/mol. The number of pyridine rings is 3. The van der Waals surface area contributed by atoms with Gasteiger partial charge >= 0.3 is 6.18 Å². The average Bonchev–Trinajstić information content (AvgIpc) is 3.17. The number of rotatable bonds is 6. The molecule has 0 aliphatic carbocycles. The number of halogens is 4. The first-order valence-corrected chi connectivity index (χ1v) is 13.7. The highest BCUT2D eigenvalue weighted by Crippen LogP contribution is 2.48. The van der Waals surface area contributed by atoms with E-state index >= 15 is 0 Å². The zero-order valence-corrected chi connectivity index (χ0v) is 23.8. The Hall–Kier alpha value is -4.84. The number of benzene rings is 1. The number of nitrogens with two attached hydrogens (primary N) is 1. The second kappa shape index (κ2) is 11.1. The van der Waals surface area contributed by atoms with Crippen molar-refractivity contribution in [2.75, 3.05) is 23.0 Å². The molecule has 0 saturated carbocycles. The Kier molecular flexibility index (Phi) is 7.30. The summed E-state index contributed by atoms with van der Waals surface area (Å²) in [5, 5.41) is 6.53. The first-order chi connectivity index (χ1) is 20.6. The molecule has 0 spiro atoms. The van der Waals surface area contributed by atoms with E-state index in [0.717, 1.165) is 16.8 Å². The van der Waals surface area contributed by atoms with Crippen molar-refractivity contribution >= 4 is 34.6 Å². The summed E-state index contributed by atoms with van der Waals surface area (Å²) in [6.07, 6.45) is 5.54. The van der Waals surface area contributed by atoms with Crippen LogP contribution in [0.4, 0.5) is 30.4 Å². The minimum absolute atomic E-state index is 0.0402. The lowest BCUT2D eigenvalue weighted by Gasteiger charge is -2.32. The van der Waals surface area contributed by atoms with Crippen LogP contribution in [0.15, 0.2) is 72.6 Å². The van der Waals surface area contributed by atoms with Crippen molar-refractivity contribution in [2.45, 2.75) is 32.6 Å². The lowest BCUT2D eigenvalue weighted by molar-refractivity contribution is -0.137. The molecule has 1 aromatic carbocycles. The van der Waals surface area contributed by atoms with Crippen LogP contribution in [0, 0.1) is 6.92 Å². The van der Waals surface area contributed by atoms with Crippen LogP contribution in [0.2, 0.25) is 5.02 Å². The summed E-state index contributed by atoms with van der Waals surface area (Å²) in [7, 11) is 0. The van der Waals surface area contributed by atoms with Gasteiger partial charge in [0, 0.05) is 43.1 Å². The van der Waals surface area contributed by atoms with Gasteiger partial charge in [0.05, 0.1) is 39.3 Å². The molecule has 2 aliphatic heterocycles. The fourth-order valence-electron chi connectivity index (χ4n) is 5.22. The highest BCUT2D eigenvalue weighted by atomic mass is 35.5. The van der Waals surface area contributed by atoms with E-state index in [1.807, 2.05) is 30.0 Å². The quantitative estimate of drug-likeness (QED) is 0.220. The Bertz CT molecular complexity index is 1760. The van der Waals surface area contributed by atoms with E-state index in [1.165, 1.54) is 25.3 Å². The Labute approximate surface area is 250 Å². The van der Waals surface area contributed by atoms with Gasteiger partial charge in [-0.25, -0.2) is 9.98 Å². The number of ether oxygens (including phenoxy) is 1. The van der Waals surface area contributed by atoms with Crippen LogP contribution in [0.3, 0.4) is 0 Å². The number of nitrogen functional groups attached to an aromatic ring is 1. The van der Waals surface area contributed by atoms with Crippen LogP contribution in [0.5, 0.6) is 5.75 Å². The van der Waals surface area contributed by atoms with Crippen molar-refractivity contribution in [3.8, 4) is 17.0 Å². The van der Waals surface area contributed by atoms with Crippen LogP contribution >= 0.6 is 11.6 Å². The summed E-state index contributed by atoms with van der Waals surface area (Å²) >= 11 is 6.83. The first kappa shape index (κ1) is 28.3. The molecule has 1 atom stereocenters. The molecule has 0 radical (unpaired) electrons. The third kappa shape index (κ3) is 5.41. The third-order valence-corrected chi connectivity index (χ3v) is 7.64. The standard InChI is InChI=1S/C30H26ClF3N8O/c1-16-8-23(35)41-27(25(16)30(32,33)34)21-10-22-24-28(26(21)31)39-15-40-29(24)42(6-7-43-22)17(2)19-9-20(14-37-13-19)38-12-18-4-3-5-36-11-18/h3-11,13-14,17,38-39H,12,15H2,1-2H3,(H2,35,41). The Morgan fingerprint density at radius 3 is 2.79 bits per heavy atom. The predicted octanol–water partition coefficient (Wildman–Crippen LogP) is 6.77. The molecule has 4 aromatic rings. The number of amidine groups is 1. The van der Waals surface area contributed by atoms with Gasteiger partial charge in [-0.3, -0.25) is 9.97 Å². The molecule has 0 bridgehead atoms. The van der Waals surface area contributed by atoms with Crippen molar-refractivity contribution in [2.24, 2.45) is 4.99 Å². The van der Waals surface area contributed by atoms with Gasteiger partial charge in [0.2, 0.25) is 0 Å². The number of aryl methyl sites for hydroxylation is 1. The van der Waals surface area contributed by atoms with Gasteiger partial charge in [0.25, 0.3) is 0 Å². The minimum Gasteiger partial charge on any atom is -0.463 e. The van der Waals surface area contributed by atoms with E-state index in [0.29, 0.717) is 23.6 Å².